The highest BCUT2D eigenvalue weighted by molar-refractivity contribution is 7.89. The number of benzene rings is 2. The number of carbonyl (C=O) groups excluding carboxylic acids is 1. The molecule has 0 aliphatic carbocycles. The van der Waals surface area contributed by atoms with Crippen LogP contribution < -0.4 is 5.32 Å². The first kappa shape index (κ1) is 19.4. The molecule has 0 spiro atoms. The summed E-state index contributed by atoms with van der Waals surface area (Å²) in [7, 11) is -3.73. The van der Waals surface area contributed by atoms with E-state index < -0.39 is 33.3 Å². The van der Waals surface area contributed by atoms with Crippen LogP contribution >= 0.6 is 0 Å². The van der Waals surface area contributed by atoms with Gasteiger partial charge in [0.2, 0.25) is 10.0 Å². The summed E-state index contributed by atoms with van der Waals surface area (Å²) < 4.78 is 54.4. The third kappa shape index (κ3) is 4.17. The number of piperidine rings is 1. The molecule has 2 aromatic carbocycles. The van der Waals surface area contributed by atoms with Crippen molar-refractivity contribution in [2.75, 3.05) is 18.4 Å². The van der Waals surface area contributed by atoms with Crippen molar-refractivity contribution in [3.05, 3.63) is 59.7 Å². The average molecular weight is 394 g/mol. The SMILES string of the molecule is CC1CCN(S(=O)(=O)c2cccc(C(=O)Nc3c(F)cccc3F)c2)CC1. The van der Waals surface area contributed by atoms with Crippen LogP contribution in [-0.4, -0.2) is 31.7 Å². The van der Waals surface area contributed by atoms with Crippen molar-refractivity contribution in [3.8, 4) is 0 Å². The number of anilines is 1. The van der Waals surface area contributed by atoms with Gasteiger partial charge < -0.3 is 5.32 Å². The average Bonchev–Trinajstić information content (AvgIpc) is 2.65. The largest absolute Gasteiger partial charge is 0.317 e. The summed E-state index contributed by atoms with van der Waals surface area (Å²) in [5, 5.41) is 2.16. The summed E-state index contributed by atoms with van der Waals surface area (Å²) >= 11 is 0. The number of hydrogen-bond acceptors (Lipinski definition) is 3. The molecule has 1 fully saturated rings. The minimum Gasteiger partial charge on any atom is -0.317 e. The Bertz CT molecular complexity index is 935. The van der Waals surface area contributed by atoms with Gasteiger partial charge in [0.1, 0.15) is 17.3 Å². The maximum Gasteiger partial charge on any atom is 0.255 e. The van der Waals surface area contributed by atoms with Gasteiger partial charge in [0.05, 0.1) is 4.90 Å². The van der Waals surface area contributed by atoms with E-state index in [4.69, 9.17) is 0 Å². The second-order valence-electron chi connectivity index (χ2n) is 6.67. The van der Waals surface area contributed by atoms with Crippen LogP contribution in [0.4, 0.5) is 14.5 Å². The first-order valence-corrected chi connectivity index (χ1v) is 10.1. The Kier molecular flexibility index (Phi) is 5.57. The fraction of sp³-hybridized carbons (Fsp3) is 0.316. The van der Waals surface area contributed by atoms with E-state index in [-0.39, 0.29) is 10.5 Å². The van der Waals surface area contributed by atoms with Crippen LogP contribution in [0.25, 0.3) is 0 Å². The number of nitrogens with zero attached hydrogens (tertiary/aromatic N) is 1. The topological polar surface area (TPSA) is 66.5 Å². The summed E-state index contributed by atoms with van der Waals surface area (Å²) in [4.78, 5) is 12.3. The number of halogens is 2. The zero-order valence-corrected chi connectivity index (χ0v) is 15.6. The summed E-state index contributed by atoms with van der Waals surface area (Å²) in [6, 6.07) is 8.70. The number of amides is 1. The lowest BCUT2D eigenvalue weighted by molar-refractivity contribution is 0.102. The molecule has 144 valence electrons. The number of para-hydroxylation sites is 1. The second kappa shape index (κ2) is 7.74. The molecule has 3 rings (SSSR count). The Morgan fingerprint density at radius 3 is 2.30 bits per heavy atom. The van der Waals surface area contributed by atoms with Gasteiger partial charge in [-0.3, -0.25) is 4.79 Å². The van der Waals surface area contributed by atoms with Gasteiger partial charge in [-0.05, 0) is 49.1 Å². The summed E-state index contributed by atoms with van der Waals surface area (Å²) in [6.07, 6.45) is 1.57. The molecule has 27 heavy (non-hydrogen) atoms. The summed E-state index contributed by atoms with van der Waals surface area (Å²) in [5.41, 5.74) is -0.565. The van der Waals surface area contributed by atoms with Crippen LogP contribution in [0.5, 0.6) is 0 Å². The molecule has 0 radical (unpaired) electrons. The molecule has 5 nitrogen and oxygen atoms in total. The highest BCUT2D eigenvalue weighted by Crippen LogP contribution is 2.25. The zero-order chi connectivity index (χ0) is 19.6. The van der Waals surface area contributed by atoms with E-state index in [0.717, 1.165) is 25.0 Å². The molecule has 0 bridgehead atoms. The van der Waals surface area contributed by atoms with E-state index in [0.29, 0.717) is 19.0 Å². The molecule has 1 N–H and O–H groups in total. The van der Waals surface area contributed by atoms with Crippen LogP contribution in [0.3, 0.4) is 0 Å². The van der Waals surface area contributed by atoms with E-state index in [1.54, 1.807) is 0 Å². The Morgan fingerprint density at radius 2 is 1.67 bits per heavy atom. The van der Waals surface area contributed by atoms with Crippen molar-refractivity contribution in [1.82, 2.24) is 4.31 Å². The molecule has 0 aromatic heterocycles. The number of sulfonamides is 1. The van der Waals surface area contributed by atoms with Crippen molar-refractivity contribution in [2.24, 2.45) is 5.92 Å². The number of nitrogens with one attached hydrogen (secondary N) is 1. The maximum atomic E-state index is 13.7. The molecule has 1 aliphatic heterocycles. The monoisotopic (exact) mass is 394 g/mol. The molecule has 0 atom stereocenters. The molecule has 1 saturated heterocycles. The fourth-order valence-electron chi connectivity index (χ4n) is 2.98. The quantitative estimate of drug-likeness (QED) is 0.861. The van der Waals surface area contributed by atoms with Crippen molar-refractivity contribution < 1.29 is 22.0 Å². The van der Waals surface area contributed by atoms with E-state index in [9.17, 15) is 22.0 Å². The van der Waals surface area contributed by atoms with Gasteiger partial charge in [-0.2, -0.15) is 4.31 Å². The zero-order valence-electron chi connectivity index (χ0n) is 14.8. The predicted octanol–water partition coefficient (Wildman–Crippen LogP) is 3.64. The summed E-state index contributed by atoms with van der Waals surface area (Å²) in [6.45, 7) is 2.94. The van der Waals surface area contributed by atoms with Gasteiger partial charge in [0.15, 0.2) is 0 Å². The molecule has 8 heteroatoms. The summed E-state index contributed by atoms with van der Waals surface area (Å²) in [5.74, 6) is -2.13. The molecule has 1 heterocycles. The van der Waals surface area contributed by atoms with Gasteiger partial charge >= 0.3 is 0 Å². The number of carbonyl (C=O) groups is 1. The second-order valence-corrected chi connectivity index (χ2v) is 8.60. The molecule has 0 saturated carbocycles. The molecular formula is C19H20F2N2O3S. The highest BCUT2D eigenvalue weighted by atomic mass is 32.2. The predicted molar refractivity (Wildman–Crippen MR) is 97.9 cm³/mol. The maximum absolute atomic E-state index is 13.7. The van der Waals surface area contributed by atoms with Crippen molar-refractivity contribution in [3.63, 3.8) is 0 Å². The van der Waals surface area contributed by atoms with Crippen LogP contribution in [0.15, 0.2) is 47.4 Å². The van der Waals surface area contributed by atoms with E-state index in [1.165, 1.54) is 34.6 Å². The van der Waals surface area contributed by atoms with Crippen LogP contribution in [0, 0.1) is 17.6 Å². The van der Waals surface area contributed by atoms with Gasteiger partial charge in [-0.15, -0.1) is 0 Å². The highest BCUT2D eigenvalue weighted by Gasteiger charge is 2.28. The minimum absolute atomic E-state index is 0.00380. The third-order valence-corrected chi connectivity index (χ3v) is 6.57. The molecule has 1 aliphatic rings. The number of rotatable bonds is 4. The third-order valence-electron chi connectivity index (χ3n) is 4.68. The van der Waals surface area contributed by atoms with Crippen molar-refractivity contribution >= 4 is 21.6 Å². The Labute approximate surface area is 157 Å². The van der Waals surface area contributed by atoms with Crippen molar-refractivity contribution in [1.29, 1.82) is 0 Å². The van der Waals surface area contributed by atoms with Crippen molar-refractivity contribution in [2.45, 2.75) is 24.7 Å². The van der Waals surface area contributed by atoms with Gasteiger partial charge in [0.25, 0.3) is 5.91 Å². The first-order chi connectivity index (χ1) is 12.8. The van der Waals surface area contributed by atoms with Gasteiger partial charge in [0, 0.05) is 18.7 Å². The normalized spacial score (nSPS) is 16.3. The lowest BCUT2D eigenvalue weighted by Crippen LogP contribution is -2.37. The number of hydrogen-bond donors (Lipinski definition) is 1. The molecule has 0 unspecified atom stereocenters. The molecular weight excluding hydrogens is 374 g/mol. The first-order valence-electron chi connectivity index (χ1n) is 8.64. The fourth-order valence-corrected chi connectivity index (χ4v) is 4.49. The van der Waals surface area contributed by atoms with E-state index in [2.05, 4.69) is 12.2 Å². The van der Waals surface area contributed by atoms with Crippen LogP contribution in [0.1, 0.15) is 30.1 Å². The Hall–Kier alpha value is -2.32. The minimum atomic E-state index is -3.73. The lowest BCUT2D eigenvalue weighted by Gasteiger charge is -2.29. The Balaban J connectivity index is 1.84. The molecule has 2 aromatic rings. The molecule has 1 amide bonds. The van der Waals surface area contributed by atoms with E-state index in [1.807, 2.05) is 0 Å². The standard InChI is InChI=1S/C19H20F2N2O3S/c1-13-8-10-23(11-9-13)27(25,26)15-5-2-4-14(12-15)19(24)22-18-16(20)6-3-7-17(18)21/h2-7,12-13H,8-11H2,1H3,(H,22,24). The van der Waals surface area contributed by atoms with Gasteiger partial charge in [-0.1, -0.05) is 19.1 Å². The Morgan fingerprint density at radius 1 is 1.07 bits per heavy atom. The van der Waals surface area contributed by atoms with Crippen LogP contribution in [0.2, 0.25) is 0 Å². The van der Waals surface area contributed by atoms with Crippen LogP contribution in [-0.2, 0) is 10.0 Å². The smallest absolute Gasteiger partial charge is 0.255 e. The van der Waals surface area contributed by atoms with Gasteiger partial charge in [-0.25, -0.2) is 17.2 Å². The van der Waals surface area contributed by atoms with E-state index >= 15 is 0 Å². The lowest BCUT2D eigenvalue weighted by atomic mass is 10.0.